The van der Waals surface area contributed by atoms with Crippen LogP contribution in [0.25, 0.3) is 11.0 Å². The van der Waals surface area contributed by atoms with Crippen LogP contribution in [0.3, 0.4) is 0 Å². The number of hydrogen-bond acceptors (Lipinski definition) is 3. The lowest BCUT2D eigenvalue weighted by Gasteiger charge is -2.18. The second kappa shape index (κ2) is 10.6. The highest BCUT2D eigenvalue weighted by atomic mass is 16.2. The van der Waals surface area contributed by atoms with Crippen LogP contribution in [0.15, 0.2) is 54.9 Å². The molecule has 0 fully saturated rings. The number of hydrogen-bond donors (Lipinski definition) is 2. The largest absolute Gasteiger partial charge is 0.338 e. The predicted molar refractivity (Wildman–Crippen MR) is 118 cm³/mol. The molecule has 154 valence electrons. The minimum absolute atomic E-state index is 0.132. The molecule has 3 aromatic rings. The van der Waals surface area contributed by atoms with Gasteiger partial charge in [0.05, 0.1) is 17.4 Å². The Kier molecular flexibility index (Phi) is 7.64. The number of aryl methyl sites for hydroxylation is 1. The van der Waals surface area contributed by atoms with Gasteiger partial charge in [-0.2, -0.15) is 0 Å². The number of rotatable bonds is 10. The molecule has 0 radical (unpaired) electrons. The first kappa shape index (κ1) is 20.9. The van der Waals surface area contributed by atoms with Crippen molar-refractivity contribution in [3.05, 3.63) is 66.0 Å². The molecular formula is C23H31N5O. The molecule has 0 saturated carbocycles. The number of carbonyl (C=O) groups excluding carboxylic acids is 1. The molecule has 3 rings (SSSR count). The Balaban J connectivity index is 1.35. The number of fused-ring (bicyclic) bond motifs is 1. The quantitative estimate of drug-likeness (QED) is 0.516. The number of imidazole rings is 1. The predicted octanol–water partition coefficient (Wildman–Crippen LogP) is 3.77. The summed E-state index contributed by atoms with van der Waals surface area (Å²) >= 11 is 0. The van der Waals surface area contributed by atoms with Gasteiger partial charge in [-0.05, 0) is 42.8 Å². The normalized spacial score (nSPS) is 11.1. The average Bonchev–Trinajstić information content (AvgIpc) is 3.17. The van der Waals surface area contributed by atoms with E-state index in [1.165, 1.54) is 5.56 Å². The Bertz CT molecular complexity index is 899. The van der Waals surface area contributed by atoms with Crippen molar-refractivity contribution in [2.75, 3.05) is 19.6 Å². The molecule has 0 atom stereocenters. The van der Waals surface area contributed by atoms with Crippen LogP contribution in [-0.4, -0.2) is 40.1 Å². The molecular weight excluding hydrogens is 362 g/mol. The van der Waals surface area contributed by atoms with E-state index >= 15 is 0 Å². The summed E-state index contributed by atoms with van der Waals surface area (Å²) in [6.07, 6.45) is 2.71. The van der Waals surface area contributed by atoms with Gasteiger partial charge in [0.2, 0.25) is 0 Å². The lowest BCUT2D eigenvalue weighted by atomic mass is 10.1. The number of amides is 2. The maximum atomic E-state index is 12.0. The fourth-order valence-corrected chi connectivity index (χ4v) is 3.35. The van der Waals surface area contributed by atoms with E-state index in [1.807, 2.05) is 24.5 Å². The third-order valence-electron chi connectivity index (χ3n) is 5.17. The van der Waals surface area contributed by atoms with E-state index in [9.17, 15) is 4.79 Å². The van der Waals surface area contributed by atoms with E-state index in [0.717, 1.165) is 49.2 Å². The second-order valence-corrected chi connectivity index (χ2v) is 7.17. The minimum atomic E-state index is -0.132. The number of aromatic nitrogens is 2. The topological polar surface area (TPSA) is 62.2 Å². The van der Waals surface area contributed by atoms with E-state index in [4.69, 9.17) is 0 Å². The highest BCUT2D eigenvalue weighted by molar-refractivity contribution is 5.75. The summed E-state index contributed by atoms with van der Waals surface area (Å²) in [5.41, 5.74) is 4.53. The summed E-state index contributed by atoms with van der Waals surface area (Å²) in [4.78, 5) is 18.8. The molecule has 0 aliphatic rings. The SMILES string of the molecule is CCN(CC)Cc1ccc(CNC(=O)NCCCn2cnc3ccccc32)cc1. The standard InChI is InChI=1S/C23H31N5O/c1-3-27(4-2)17-20-12-10-19(11-13-20)16-25-23(29)24-14-7-15-28-18-26-21-8-5-6-9-22(21)28/h5-6,8-13,18H,3-4,7,14-17H2,1-2H3,(H2,24,25,29). The zero-order valence-corrected chi connectivity index (χ0v) is 17.4. The zero-order valence-electron chi connectivity index (χ0n) is 17.4. The molecule has 29 heavy (non-hydrogen) atoms. The second-order valence-electron chi connectivity index (χ2n) is 7.17. The van der Waals surface area contributed by atoms with Crippen LogP contribution in [-0.2, 0) is 19.6 Å². The van der Waals surface area contributed by atoms with Crippen LogP contribution >= 0.6 is 0 Å². The summed E-state index contributed by atoms with van der Waals surface area (Å²) in [6, 6.07) is 16.4. The summed E-state index contributed by atoms with van der Waals surface area (Å²) in [5, 5.41) is 5.85. The molecule has 0 bridgehead atoms. The van der Waals surface area contributed by atoms with Crippen molar-refractivity contribution in [1.29, 1.82) is 0 Å². The van der Waals surface area contributed by atoms with Gasteiger partial charge >= 0.3 is 6.03 Å². The Morgan fingerprint density at radius 1 is 1.00 bits per heavy atom. The Hall–Kier alpha value is -2.86. The van der Waals surface area contributed by atoms with Crippen molar-refractivity contribution in [2.24, 2.45) is 0 Å². The summed E-state index contributed by atoms with van der Waals surface area (Å²) in [7, 11) is 0. The Labute approximate surface area is 172 Å². The summed E-state index contributed by atoms with van der Waals surface area (Å²) in [5.74, 6) is 0. The van der Waals surface area contributed by atoms with Crippen LogP contribution in [0.1, 0.15) is 31.4 Å². The fraction of sp³-hybridized carbons (Fsp3) is 0.391. The molecule has 2 aromatic carbocycles. The maximum absolute atomic E-state index is 12.0. The average molecular weight is 394 g/mol. The van der Waals surface area contributed by atoms with E-state index in [1.54, 1.807) is 0 Å². The van der Waals surface area contributed by atoms with E-state index in [2.05, 4.69) is 69.3 Å². The number of carbonyl (C=O) groups is 1. The molecule has 6 heteroatoms. The van der Waals surface area contributed by atoms with Crippen LogP contribution in [0, 0.1) is 0 Å². The smallest absolute Gasteiger partial charge is 0.315 e. The molecule has 0 aliphatic carbocycles. The Morgan fingerprint density at radius 3 is 2.48 bits per heavy atom. The number of nitrogens with one attached hydrogen (secondary N) is 2. The molecule has 0 spiro atoms. The first-order valence-electron chi connectivity index (χ1n) is 10.4. The van der Waals surface area contributed by atoms with Crippen molar-refractivity contribution in [3.63, 3.8) is 0 Å². The summed E-state index contributed by atoms with van der Waals surface area (Å²) in [6.45, 7) is 9.41. The van der Waals surface area contributed by atoms with Crippen LogP contribution in [0.2, 0.25) is 0 Å². The van der Waals surface area contributed by atoms with Gasteiger partial charge < -0.3 is 15.2 Å². The van der Waals surface area contributed by atoms with Gasteiger partial charge in [0, 0.05) is 26.2 Å². The van der Waals surface area contributed by atoms with Gasteiger partial charge in [0.15, 0.2) is 0 Å². The minimum Gasteiger partial charge on any atom is -0.338 e. The van der Waals surface area contributed by atoms with E-state index in [0.29, 0.717) is 13.1 Å². The molecule has 0 saturated heterocycles. The Morgan fingerprint density at radius 2 is 1.72 bits per heavy atom. The monoisotopic (exact) mass is 393 g/mol. The molecule has 1 heterocycles. The molecule has 2 N–H and O–H groups in total. The highest BCUT2D eigenvalue weighted by Crippen LogP contribution is 2.12. The van der Waals surface area contributed by atoms with Gasteiger partial charge in [-0.3, -0.25) is 4.90 Å². The van der Waals surface area contributed by atoms with Gasteiger partial charge in [0.1, 0.15) is 0 Å². The highest BCUT2D eigenvalue weighted by Gasteiger charge is 2.04. The fourth-order valence-electron chi connectivity index (χ4n) is 3.35. The zero-order chi connectivity index (χ0) is 20.5. The van der Waals surface area contributed by atoms with Gasteiger partial charge in [-0.25, -0.2) is 9.78 Å². The maximum Gasteiger partial charge on any atom is 0.315 e. The number of benzene rings is 2. The van der Waals surface area contributed by atoms with Crippen LogP contribution < -0.4 is 10.6 Å². The molecule has 2 amide bonds. The molecule has 1 aromatic heterocycles. The van der Waals surface area contributed by atoms with Crippen molar-refractivity contribution in [2.45, 2.75) is 39.9 Å². The van der Waals surface area contributed by atoms with Crippen molar-refractivity contribution in [3.8, 4) is 0 Å². The number of para-hydroxylation sites is 2. The third-order valence-corrected chi connectivity index (χ3v) is 5.17. The number of urea groups is 1. The van der Waals surface area contributed by atoms with Crippen molar-refractivity contribution in [1.82, 2.24) is 25.1 Å². The third kappa shape index (κ3) is 6.06. The van der Waals surface area contributed by atoms with Crippen molar-refractivity contribution < 1.29 is 4.79 Å². The number of nitrogens with zero attached hydrogens (tertiary/aromatic N) is 3. The van der Waals surface area contributed by atoms with Crippen molar-refractivity contribution >= 4 is 17.1 Å². The van der Waals surface area contributed by atoms with Crippen LogP contribution in [0.5, 0.6) is 0 Å². The first-order valence-corrected chi connectivity index (χ1v) is 10.4. The lowest BCUT2D eigenvalue weighted by molar-refractivity contribution is 0.240. The molecule has 6 nitrogen and oxygen atoms in total. The van der Waals surface area contributed by atoms with E-state index in [-0.39, 0.29) is 6.03 Å². The summed E-state index contributed by atoms with van der Waals surface area (Å²) < 4.78 is 2.12. The van der Waals surface area contributed by atoms with E-state index < -0.39 is 0 Å². The molecule has 0 aliphatic heterocycles. The first-order chi connectivity index (χ1) is 14.2. The van der Waals surface area contributed by atoms with Gasteiger partial charge in [-0.15, -0.1) is 0 Å². The molecule has 0 unspecified atom stereocenters. The van der Waals surface area contributed by atoms with Gasteiger partial charge in [0.25, 0.3) is 0 Å². The van der Waals surface area contributed by atoms with Crippen LogP contribution in [0.4, 0.5) is 4.79 Å². The van der Waals surface area contributed by atoms with Gasteiger partial charge in [-0.1, -0.05) is 50.2 Å². The lowest BCUT2D eigenvalue weighted by Crippen LogP contribution is -2.35.